The third-order valence-electron chi connectivity index (χ3n) is 4.66. The van der Waals surface area contributed by atoms with Crippen molar-refractivity contribution in [2.75, 3.05) is 5.73 Å². The molecule has 138 valence electrons. The number of anilines is 1. The molecular formula is C20H26N4O2. The summed E-state index contributed by atoms with van der Waals surface area (Å²) in [4.78, 5) is 22.2. The third-order valence-corrected chi connectivity index (χ3v) is 4.66. The Bertz CT molecular complexity index is 932. The maximum atomic E-state index is 12.7. The maximum absolute atomic E-state index is 12.7. The van der Waals surface area contributed by atoms with Crippen molar-refractivity contribution in [3.8, 4) is 0 Å². The Morgan fingerprint density at radius 3 is 2.54 bits per heavy atom. The van der Waals surface area contributed by atoms with Crippen LogP contribution in [0.25, 0.3) is 22.2 Å². The average Bonchev–Trinajstić information content (AvgIpc) is 2.91. The lowest BCUT2D eigenvalue weighted by molar-refractivity contribution is 0.0338. The molecule has 0 saturated heterocycles. The fraction of sp³-hybridized carbons (Fsp3) is 0.450. The second-order valence-corrected chi connectivity index (χ2v) is 6.63. The Kier molecular flexibility index (Phi) is 5.40. The Hall–Kier alpha value is -2.63. The largest absolute Gasteiger partial charge is 0.459 e. The topological polar surface area (TPSA) is 83.0 Å². The Balaban J connectivity index is 2.16. The quantitative estimate of drug-likeness (QED) is 0.505. The van der Waals surface area contributed by atoms with Gasteiger partial charge in [-0.2, -0.15) is 0 Å². The second-order valence-electron chi connectivity index (χ2n) is 6.63. The summed E-state index contributed by atoms with van der Waals surface area (Å²) >= 11 is 0. The van der Waals surface area contributed by atoms with Crippen LogP contribution in [-0.4, -0.2) is 26.6 Å². The molecule has 0 unspecified atom stereocenters. The van der Waals surface area contributed by atoms with E-state index in [4.69, 9.17) is 15.5 Å². The average molecular weight is 354 g/mol. The molecule has 0 aliphatic heterocycles. The smallest absolute Gasteiger partial charge is 0.344 e. The normalized spacial score (nSPS) is 12.6. The number of hydrogen-bond donors (Lipinski definition) is 1. The first-order chi connectivity index (χ1) is 12.6. The predicted octanol–water partition coefficient (Wildman–Crippen LogP) is 4.31. The van der Waals surface area contributed by atoms with E-state index in [9.17, 15) is 4.79 Å². The molecule has 0 bridgehead atoms. The van der Waals surface area contributed by atoms with Gasteiger partial charge in [0.25, 0.3) is 0 Å². The maximum Gasteiger partial charge on any atom is 0.344 e. The van der Waals surface area contributed by atoms with Crippen molar-refractivity contribution in [3.05, 3.63) is 29.8 Å². The molecule has 1 atom stereocenters. The second kappa shape index (κ2) is 7.72. The van der Waals surface area contributed by atoms with Crippen molar-refractivity contribution in [2.24, 2.45) is 0 Å². The molecule has 0 spiro atoms. The van der Waals surface area contributed by atoms with Crippen LogP contribution in [0.4, 0.5) is 5.82 Å². The fourth-order valence-corrected chi connectivity index (χ4v) is 2.99. The molecule has 6 heteroatoms. The van der Waals surface area contributed by atoms with Crippen LogP contribution in [0.3, 0.4) is 0 Å². The minimum Gasteiger partial charge on any atom is -0.459 e. The fourth-order valence-electron chi connectivity index (χ4n) is 2.99. The van der Waals surface area contributed by atoms with Gasteiger partial charge in [-0.25, -0.2) is 14.8 Å². The van der Waals surface area contributed by atoms with Gasteiger partial charge in [-0.05, 0) is 31.9 Å². The molecule has 1 aromatic carbocycles. The van der Waals surface area contributed by atoms with Crippen LogP contribution < -0.4 is 5.73 Å². The number of benzene rings is 1. The van der Waals surface area contributed by atoms with Gasteiger partial charge in [0.2, 0.25) is 0 Å². The van der Waals surface area contributed by atoms with Gasteiger partial charge < -0.3 is 15.0 Å². The van der Waals surface area contributed by atoms with Crippen LogP contribution in [0.1, 0.15) is 56.8 Å². The number of rotatable bonds is 7. The van der Waals surface area contributed by atoms with Crippen LogP contribution in [-0.2, 0) is 11.3 Å². The minimum atomic E-state index is -0.430. The number of nitrogen functional groups attached to an aromatic ring is 1. The molecule has 0 fully saturated rings. The van der Waals surface area contributed by atoms with Crippen molar-refractivity contribution in [2.45, 2.75) is 59.1 Å². The molecule has 0 radical (unpaired) electrons. The van der Waals surface area contributed by atoms with Crippen LogP contribution >= 0.6 is 0 Å². The molecule has 3 aromatic rings. The first kappa shape index (κ1) is 18.2. The predicted molar refractivity (Wildman–Crippen MR) is 104 cm³/mol. The molecule has 6 nitrogen and oxygen atoms in total. The third kappa shape index (κ3) is 3.36. The molecule has 26 heavy (non-hydrogen) atoms. The highest BCUT2D eigenvalue weighted by atomic mass is 16.5. The number of nitrogens with two attached hydrogens (primary N) is 1. The molecule has 0 saturated carbocycles. The van der Waals surface area contributed by atoms with E-state index in [-0.39, 0.29) is 6.10 Å². The lowest BCUT2D eigenvalue weighted by atomic mass is 10.2. The van der Waals surface area contributed by atoms with Crippen molar-refractivity contribution in [1.82, 2.24) is 14.5 Å². The van der Waals surface area contributed by atoms with E-state index in [2.05, 4.69) is 11.9 Å². The van der Waals surface area contributed by atoms with Crippen molar-refractivity contribution < 1.29 is 9.53 Å². The van der Waals surface area contributed by atoms with E-state index in [1.165, 1.54) is 0 Å². The van der Waals surface area contributed by atoms with Gasteiger partial charge in [-0.15, -0.1) is 0 Å². The SMILES string of the molecule is CCCCCn1c(N)c(C(=O)O[C@@H](C)CC)c2nc3ccccc3nc21. The highest BCUT2D eigenvalue weighted by molar-refractivity contribution is 6.08. The summed E-state index contributed by atoms with van der Waals surface area (Å²) in [5.74, 6) is -0.0413. The highest BCUT2D eigenvalue weighted by Crippen LogP contribution is 2.29. The van der Waals surface area contributed by atoms with Gasteiger partial charge in [-0.1, -0.05) is 38.8 Å². The van der Waals surface area contributed by atoms with E-state index < -0.39 is 5.97 Å². The lowest BCUT2D eigenvalue weighted by Gasteiger charge is -2.11. The number of carbonyl (C=O) groups excluding carboxylic acids is 1. The summed E-state index contributed by atoms with van der Waals surface area (Å²) in [5, 5.41) is 0. The zero-order valence-corrected chi connectivity index (χ0v) is 15.7. The molecular weight excluding hydrogens is 328 g/mol. The van der Waals surface area contributed by atoms with Gasteiger partial charge >= 0.3 is 5.97 Å². The van der Waals surface area contributed by atoms with Gasteiger partial charge in [0.05, 0.1) is 17.1 Å². The number of carbonyl (C=O) groups is 1. The van der Waals surface area contributed by atoms with Crippen molar-refractivity contribution in [3.63, 3.8) is 0 Å². The summed E-state index contributed by atoms with van der Waals surface area (Å²) in [7, 11) is 0. The standard InChI is InChI=1S/C20H26N4O2/c1-4-6-9-12-24-18(21)16(20(25)26-13(3)5-2)17-19(24)23-15-11-8-7-10-14(15)22-17/h7-8,10-11,13H,4-6,9,12,21H2,1-3H3/t13-/m0/s1. The molecule has 0 amide bonds. The Morgan fingerprint density at radius 2 is 1.88 bits per heavy atom. The number of unbranched alkanes of at least 4 members (excludes halogenated alkanes) is 2. The van der Waals surface area contributed by atoms with Gasteiger partial charge in [-0.3, -0.25) is 0 Å². The van der Waals surface area contributed by atoms with Crippen LogP contribution in [0.2, 0.25) is 0 Å². The van der Waals surface area contributed by atoms with E-state index in [1.807, 2.05) is 42.7 Å². The minimum absolute atomic E-state index is 0.172. The number of ether oxygens (including phenoxy) is 1. The number of esters is 1. The molecule has 3 rings (SSSR count). The highest BCUT2D eigenvalue weighted by Gasteiger charge is 2.25. The monoisotopic (exact) mass is 354 g/mol. The number of aromatic nitrogens is 3. The van der Waals surface area contributed by atoms with Crippen LogP contribution in [0.15, 0.2) is 24.3 Å². The van der Waals surface area contributed by atoms with Crippen molar-refractivity contribution >= 4 is 34.0 Å². The van der Waals surface area contributed by atoms with Gasteiger partial charge in [0, 0.05) is 6.54 Å². The summed E-state index contributed by atoms with van der Waals surface area (Å²) in [6.07, 6.45) is 3.74. The summed E-state index contributed by atoms with van der Waals surface area (Å²) in [5.41, 5.74) is 9.38. The zero-order valence-electron chi connectivity index (χ0n) is 15.7. The molecule has 0 aliphatic carbocycles. The molecule has 2 N–H and O–H groups in total. The lowest BCUT2D eigenvalue weighted by Crippen LogP contribution is -2.16. The van der Waals surface area contributed by atoms with Crippen molar-refractivity contribution in [1.29, 1.82) is 0 Å². The summed E-state index contributed by atoms with van der Waals surface area (Å²) < 4.78 is 7.43. The summed E-state index contributed by atoms with van der Waals surface area (Å²) in [6.45, 7) is 6.71. The zero-order chi connectivity index (χ0) is 18.7. The summed E-state index contributed by atoms with van der Waals surface area (Å²) in [6, 6.07) is 7.63. The first-order valence-electron chi connectivity index (χ1n) is 9.32. The van der Waals surface area contributed by atoms with E-state index in [0.717, 1.165) is 36.7 Å². The molecule has 2 heterocycles. The Labute approximate surface area is 153 Å². The number of fused-ring (bicyclic) bond motifs is 2. The first-order valence-corrected chi connectivity index (χ1v) is 9.32. The molecule has 2 aromatic heterocycles. The molecule has 0 aliphatic rings. The van der Waals surface area contributed by atoms with E-state index in [1.54, 1.807) is 0 Å². The van der Waals surface area contributed by atoms with E-state index >= 15 is 0 Å². The van der Waals surface area contributed by atoms with E-state index in [0.29, 0.717) is 29.1 Å². The number of hydrogen-bond acceptors (Lipinski definition) is 5. The van der Waals surface area contributed by atoms with Crippen LogP contribution in [0.5, 0.6) is 0 Å². The number of para-hydroxylation sites is 2. The Morgan fingerprint density at radius 1 is 1.19 bits per heavy atom. The number of nitrogens with zero attached hydrogens (tertiary/aromatic N) is 3. The number of aryl methyl sites for hydroxylation is 1. The van der Waals surface area contributed by atoms with Crippen LogP contribution in [0, 0.1) is 0 Å². The van der Waals surface area contributed by atoms with Gasteiger partial charge in [0.15, 0.2) is 5.65 Å². The van der Waals surface area contributed by atoms with Gasteiger partial charge in [0.1, 0.15) is 16.9 Å².